The summed E-state index contributed by atoms with van der Waals surface area (Å²) in [7, 11) is 1.48. The van der Waals surface area contributed by atoms with Crippen molar-refractivity contribution >= 4 is 40.0 Å². The van der Waals surface area contributed by atoms with Gasteiger partial charge >= 0.3 is 0 Å². The van der Waals surface area contributed by atoms with E-state index in [1.54, 1.807) is 0 Å². The normalized spacial score (nSPS) is 11.0. The van der Waals surface area contributed by atoms with Crippen molar-refractivity contribution < 1.29 is 18.3 Å². The second-order valence-corrected chi connectivity index (χ2v) is 5.65. The molecular weight excluding hydrogens is 423 g/mol. The molecule has 23 heavy (non-hydrogen) atoms. The fourth-order valence-corrected chi connectivity index (χ4v) is 3.01. The van der Waals surface area contributed by atoms with Crippen LogP contribution in [-0.4, -0.2) is 20.8 Å². The van der Waals surface area contributed by atoms with Crippen molar-refractivity contribution in [2.75, 3.05) is 0 Å². The monoisotopic (exact) mass is 431 g/mol. The molecule has 9 heteroatoms. The van der Waals surface area contributed by atoms with Gasteiger partial charge in [-0.3, -0.25) is 9.59 Å². The summed E-state index contributed by atoms with van der Waals surface area (Å²) in [4.78, 5) is 23.4. The van der Waals surface area contributed by atoms with Crippen molar-refractivity contribution in [1.82, 2.24) is 14.3 Å². The molecule has 2 aromatic heterocycles. The van der Waals surface area contributed by atoms with Crippen LogP contribution in [0, 0.1) is 15.3 Å². The molecule has 0 fully saturated rings. The Hall–Kier alpha value is -2.30. The van der Waals surface area contributed by atoms with Gasteiger partial charge < -0.3 is 9.30 Å². The molecule has 3 aromatic rings. The van der Waals surface area contributed by atoms with Crippen LogP contribution in [0.4, 0.5) is 8.78 Å². The fourth-order valence-electron chi connectivity index (χ4n) is 2.14. The molecule has 0 unspecified atom stereocenters. The molecule has 0 saturated heterocycles. The van der Waals surface area contributed by atoms with E-state index in [1.807, 2.05) is 22.6 Å². The third kappa shape index (κ3) is 2.60. The first-order valence-electron chi connectivity index (χ1n) is 6.28. The van der Waals surface area contributed by atoms with Crippen LogP contribution >= 0.6 is 22.6 Å². The Morgan fingerprint density at radius 3 is 2.65 bits per heavy atom. The molecule has 0 spiro atoms. The lowest BCUT2D eigenvalue weighted by molar-refractivity contribution is 0.430. The molecule has 2 heterocycles. The summed E-state index contributed by atoms with van der Waals surface area (Å²) in [5.74, 6) is -2.20. The van der Waals surface area contributed by atoms with Gasteiger partial charge in [0, 0.05) is 19.2 Å². The number of ether oxygens (including phenoxy) is 1. The second-order valence-electron chi connectivity index (χ2n) is 4.62. The summed E-state index contributed by atoms with van der Waals surface area (Å²) in [5, 5.41) is 3.98. The third-order valence-corrected chi connectivity index (χ3v) is 3.94. The Kier molecular flexibility index (Phi) is 3.88. The maximum atomic E-state index is 13.7. The smallest absolute Gasteiger partial charge is 0.293 e. The Balaban J connectivity index is 2.20. The number of rotatable bonds is 3. The molecule has 0 aliphatic rings. The van der Waals surface area contributed by atoms with Crippen LogP contribution in [0.1, 0.15) is 0 Å². The molecule has 0 aliphatic heterocycles. The molecular formula is C14H8F2IN3O3. The summed E-state index contributed by atoms with van der Waals surface area (Å²) in [6.07, 6.45) is 0.483. The van der Waals surface area contributed by atoms with Crippen LogP contribution in [0.3, 0.4) is 0 Å². The zero-order chi connectivity index (χ0) is 16.7. The van der Waals surface area contributed by atoms with E-state index in [0.717, 1.165) is 16.8 Å². The number of hydrogen-bond donors (Lipinski definition) is 0. The van der Waals surface area contributed by atoms with Crippen molar-refractivity contribution in [3.05, 3.63) is 50.0 Å². The van der Waals surface area contributed by atoms with Gasteiger partial charge in [0.15, 0.2) is 17.3 Å². The fraction of sp³-hybridized carbons (Fsp3) is 0.0714. The van der Waals surface area contributed by atoms with Crippen molar-refractivity contribution in [2.45, 2.75) is 0 Å². The summed E-state index contributed by atoms with van der Waals surface area (Å²) in [6.45, 7) is 0. The number of hydrogen-bond acceptors (Lipinski definition) is 4. The highest BCUT2D eigenvalue weighted by Gasteiger charge is 2.17. The zero-order valence-electron chi connectivity index (χ0n) is 11.6. The van der Waals surface area contributed by atoms with Crippen LogP contribution in [0.5, 0.6) is 11.5 Å². The van der Waals surface area contributed by atoms with Gasteiger partial charge in [-0.15, -0.1) is 0 Å². The van der Waals surface area contributed by atoms with Gasteiger partial charge in [0.05, 0.1) is 5.52 Å². The van der Waals surface area contributed by atoms with Crippen LogP contribution in [-0.2, 0) is 11.8 Å². The summed E-state index contributed by atoms with van der Waals surface area (Å²) in [6, 6.07) is 4.04. The molecule has 0 radical (unpaired) electrons. The van der Waals surface area contributed by atoms with Crippen molar-refractivity contribution in [2.24, 2.45) is 7.05 Å². The van der Waals surface area contributed by atoms with Crippen LogP contribution in [0.15, 0.2) is 29.1 Å². The first-order chi connectivity index (χ1) is 10.9. The predicted octanol–water partition coefficient (Wildman–Crippen LogP) is 2.45. The number of aromatic nitrogens is 3. The van der Waals surface area contributed by atoms with Gasteiger partial charge in [-0.25, -0.2) is 8.78 Å². The Morgan fingerprint density at radius 1 is 1.26 bits per heavy atom. The highest BCUT2D eigenvalue weighted by atomic mass is 127. The molecule has 6 nitrogen and oxygen atoms in total. The minimum Gasteiger partial charge on any atom is -0.448 e. The number of aryl methyl sites for hydroxylation is 1. The van der Waals surface area contributed by atoms with E-state index in [1.165, 1.54) is 17.7 Å². The van der Waals surface area contributed by atoms with E-state index in [2.05, 4.69) is 5.10 Å². The Labute approximate surface area is 141 Å². The first kappa shape index (κ1) is 15.6. The van der Waals surface area contributed by atoms with E-state index in [9.17, 15) is 18.4 Å². The number of nitrogens with zero attached hydrogens (tertiary/aromatic N) is 3. The first-order valence-corrected chi connectivity index (χ1v) is 7.36. The molecule has 0 amide bonds. The van der Waals surface area contributed by atoms with Crippen molar-refractivity contribution in [1.29, 1.82) is 0 Å². The lowest BCUT2D eigenvalue weighted by Gasteiger charge is -2.09. The van der Waals surface area contributed by atoms with E-state index in [4.69, 9.17) is 4.74 Å². The quantitative estimate of drug-likeness (QED) is 0.472. The molecule has 0 aliphatic carbocycles. The standard InChI is InChI=1S/C14H8F2IN3O3/c1-19-12-9(20(6-21)18-13(12)17)5-11(14(19)22)23-10-3-2-7(15)4-8(10)16/h2-6H,1H3. The number of carbonyl (C=O) groups excluding carboxylic acids is 1. The molecule has 0 atom stereocenters. The van der Waals surface area contributed by atoms with Crippen LogP contribution in [0.25, 0.3) is 11.0 Å². The third-order valence-electron chi connectivity index (χ3n) is 3.21. The van der Waals surface area contributed by atoms with Crippen molar-refractivity contribution in [3.8, 4) is 11.5 Å². The van der Waals surface area contributed by atoms with E-state index < -0.39 is 17.2 Å². The molecule has 0 N–H and O–H groups in total. The average molecular weight is 431 g/mol. The Bertz CT molecular complexity index is 997. The molecule has 0 saturated carbocycles. The number of pyridine rings is 1. The topological polar surface area (TPSA) is 66.1 Å². The molecule has 118 valence electrons. The molecule has 1 aromatic carbocycles. The second kappa shape index (κ2) is 5.72. The van der Waals surface area contributed by atoms with E-state index in [-0.39, 0.29) is 11.5 Å². The summed E-state index contributed by atoms with van der Waals surface area (Å²) in [5.41, 5.74) is 0.253. The zero-order valence-corrected chi connectivity index (χ0v) is 13.7. The predicted molar refractivity (Wildman–Crippen MR) is 86.3 cm³/mol. The van der Waals surface area contributed by atoms with Gasteiger partial charge in [-0.05, 0) is 34.7 Å². The van der Waals surface area contributed by atoms with E-state index >= 15 is 0 Å². The average Bonchev–Trinajstić information content (AvgIpc) is 2.83. The van der Waals surface area contributed by atoms with E-state index in [0.29, 0.717) is 27.2 Å². The van der Waals surface area contributed by atoms with Gasteiger partial charge in [0.25, 0.3) is 5.56 Å². The lowest BCUT2D eigenvalue weighted by Crippen LogP contribution is -2.19. The Morgan fingerprint density at radius 2 is 2.00 bits per heavy atom. The van der Waals surface area contributed by atoms with Crippen LogP contribution < -0.4 is 10.3 Å². The minimum atomic E-state index is -0.939. The number of carbonyl (C=O) groups is 1. The maximum Gasteiger partial charge on any atom is 0.293 e. The van der Waals surface area contributed by atoms with Gasteiger partial charge in [-0.2, -0.15) is 9.78 Å². The SMILES string of the molecule is Cn1c(=O)c(Oc2ccc(F)cc2F)cc2c1c(I)nn2C=O. The number of fused-ring (bicyclic) bond motifs is 1. The highest BCUT2D eigenvalue weighted by Crippen LogP contribution is 2.26. The molecule has 3 rings (SSSR count). The van der Waals surface area contributed by atoms with Gasteiger partial charge in [0.2, 0.25) is 6.41 Å². The highest BCUT2D eigenvalue weighted by molar-refractivity contribution is 14.1. The van der Waals surface area contributed by atoms with Gasteiger partial charge in [-0.1, -0.05) is 0 Å². The lowest BCUT2D eigenvalue weighted by atomic mass is 10.3. The largest absolute Gasteiger partial charge is 0.448 e. The van der Waals surface area contributed by atoms with Crippen molar-refractivity contribution in [3.63, 3.8) is 0 Å². The maximum absolute atomic E-state index is 13.7. The number of benzene rings is 1. The minimum absolute atomic E-state index is 0.204. The van der Waals surface area contributed by atoms with Crippen LogP contribution in [0.2, 0.25) is 0 Å². The summed E-state index contributed by atoms with van der Waals surface area (Å²) < 4.78 is 34.6. The summed E-state index contributed by atoms with van der Waals surface area (Å²) >= 11 is 1.90. The number of halogens is 3. The van der Waals surface area contributed by atoms with Gasteiger partial charge in [0.1, 0.15) is 15.0 Å². The molecule has 0 bridgehead atoms.